The minimum absolute atomic E-state index is 0.0909. The van der Waals surface area contributed by atoms with Crippen LogP contribution in [0, 0.1) is 20.8 Å². The lowest BCUT2D eigenvalue weighted by atomic mass is 10.1. The maximum atomic E-state index is 12.8. The van der Waals surface area contributed by atoms with Gasteiger partial charge in [0.2, 0.25) is 5.91 Å². The standard InChI is InChI=1S/C18H25N5O2/c1-11-7-14(19)8-16(20-11)17-10-23(5-6-25-17)18(24)9-15-12(2)21-22(4)13(15)3/h7-8,17H,5-6,9-10H2,1-4H3,(H2,19,20). The molecule has 0 radical (unpaired) electrons. The van der Waals surface area contributed by atoms with Gasteiger partial charge in [0.05, 0.1) is 31.0 Å². The Hall–Kier alpha value is -2.41. The van der Waals surface area contributed by atoms with Gasteiger partial charge >= 0.3 is 0 Å². The van der Waals surface area contributed by atoms with E-state index in [1.807, 2.05) is 49.5 Å². The predicted molar refractivity (Wildman–Crippen MR) is 95.0 cm³/mol. The highest BCUT2D eigenvalue weighted by Gasteiger charge is 2.27. The molecule has 0 bridgehead atoms. The summed E-state index contributed by atoms with van der Waals surface area (Å²) in [5.74, 6) is 0.0909. The van der Waals surface area contributed by atoms with Gasteiger partial charge in [-0.2, -0.15) is 5.10 Å². The first-order valence-electron chi connectivity index (χ1n) is 8.47. The second-order valence-electron chi connectivity index (χ2n) is 6.62. The van der Waals surface area contributed by atoms with Crippen molar-refractivity contribution in [1.82, 2.24) is 19.7 Å². The average Bonchev–Trinajstić information content (AvgIpc) is 2.80. The van der Waals surface area contributed by atoms with Crippen LogP contribution in [0.1, 0.15) is 34.4 Å². The molecular weight excluding hydrogens is 318 g/mol. The highest BCUT2D eigenvalue weighted by Crippen LogP contribution is 2.24. The monoisotopic (exact) mass is 343 g/mol. The van der Waals surface area contributed by atoms with Gasteiger partial charge in [-0.15, -0.1) is 0 Å². The van der Waals surface area contributed by atoms with Gasteiger partial charge in [-0.3, -0.25) is 14.5 Å². The molecule has 3 rings (SSSR count). The number of aromatic nitrogens is 3. The summed E-state index contributed by atoms with van der Waals surface area (Å²) < 4.78 is 7.65. The molecule has 1 fully saturated rings. The van der Waals surface area contributed by atoms with Gasteiger partial charge in [0, 0.05) is 36.2 Å². The summed E-state index contributed by atoms with van der Waals surface area (Å²) in [6.45, 7) is 7.42. The molecule has 2 N–H and O–H groups in total. The van der Waals surface area contributed by atoms with Crippen LogP contribution in [0.25, 0.3) is 0 Å². The number of aryl methyl sites for hydroxylation is 3. The van der Waals surface area contributed by atoms with Crippen molar-refractivity contribution in [2.24, 2.45) is 7.05 Å². The van der Waals surface area contributed by atoms with Crippen LogP contribution in [-0.2, 0) is 23.0 Å². The van der Waals surface area contributed by atoms with E-state index >= 15 is 0 Å². The number of ether oxygens (including phenoxy) is 1. The number of nitrogens with zero attached hydrogens (tertiary/aromatic N) is 4. The summed E-state index contributed by atoms with van der Waals surface area (Å²) in [6, 6.07) is 3.64. The number of amides is 1. The molecule has 25 heavy (non-hydrogen) atoms. The van der Waals surface area contributed by atoms with Crippen molar-refractivity contribution < 1.29 is 9.53 Å². The lowest BCUT2D eigenvalue weighted by molar-refractivity contribution is -0.138. The Balaban J connectivity index is 1.73. The molecule has 3 heterocycles. The Morgan fingerprint density at radius 1 is 1.36 bits per heavy atom. The number of carbonyl (C=O) groups is 1. The van der Waals surface area contributed by atoms with Crippen molar-refractivity contribution in [3.05, 3.63) is 40.5 Å². The SMILES string of the molecule is Cc1cc(N)cc(C2CN(C(=O)Cc3c(C)nn(C)c3C)CCO2)n1. The van der Waals surface area contributed by atoms with Gasteiger partial charge in [-0.05, 0) is 32.9 Å². The zero-order valence-electron chi connectivity index (χ0n) is 15.2. The zero-order chi connectivity index (χ0) is 18.1. The molecule has 1 saturated heterocycles. The van der Waals surface area contributed by atoms with E-state index in [-0.39, 0.29) is 12.0 Å². The quantitative estimate of drug-likeness (QED) is 0.912. The van der Waals surface area contributed by atoms with Gasteiger partial charge in [-0.25, -0.2) is 0 Å². The maximum Gasteiger partial charge on any atom is 0.227 e. The van der Waals surface area contributed by atoms with Crippen molar-refractivity contribution in [2.75, 3.05) is 25.4 Å². The molecule has 1 unspecified atom stereocenters. The number of nitrogen functional groups attached to an aromatic ring is 1. The highest BCUT2D eigenvalue weighted by atomic mass is 16.5. The van der Waals surface area contributed by atoms with E-state index in [0.717, 1.165) is 28.3 Å². The molecule has 7 nitrogen and oxygen atoms in total. The number of morpholine rings is 1. The molecule has 1 aliphatic rings. The second kappa shape index (κ2) is 6.84. The minimum Gasteiger partial charge on any atom is -0.399 e. The first-order valence-corrected chi connectivity index (χ1v) is 8.47. The number of anilines is 1. The first kappa shape index (κ1) is 17.4. The van der Waals surface area contributed by atoms with Crippen LogP contribution in [-0.4, -0.2) is 45.3 Å². The third-order valence-corrected chi connectivity index (χ3v) is 4.73. The Labute approximate surface area is 147 Å². The van der Waals surface area contributed by atoms with E-state index in [1.54, 1.807) is 0 Å². The fourth-order valence-corrected chi connectivity index (χ4v) is 3.28. The van der Waals surface area contributed by atoms with Crippen LogP contribution in [0.5, 0.6) is 0 Å². The van der Waals surface area contributed by atoms with Crippen LogP contribution < -0.4 is 5.73 Å². The number of pyridine rings is 1. The van der Waals surface area contributed by atoms with Crippen molar-refractivity contribution in [1.29, 1.82) is 0 Å². The van der Waals surface area contributed by atoms with Gasteiger partial charge in [0.15, 0.2) is 0 Å². The molecule has 0 saturated carbocycles. The Morgan fingerprint density at radius 2 is 2.12 bits per heavy atom. The Kier molecular flexibility index (Phi) is 4.76. The summed E-state index contributed by atoms with van der Waals surface area (Å²) in [5, 5.41) is 4.39. The number of carbonyl (C=O) groups excluding carboxylic acids is 1. The third-order valence-electron chi connectivity index (χ3n) is 4.73. The van der Waals surface area contributed by atoms with Crippen LogP contribution in [0.15, 0.2) is 12.1 Å². The third kappa shape index (κ3) is 3.66. The maximum absolute atomic E-state index is 12.8. The number of nitrogens with two attached hydrogens (primary N) is 1. The van der Waals surface area contributed by atoms with Crippen molar-refractivity contribution in [2.45, 2.75) is 33.3 Å². The van der Waals surface area contributed by atoms with Crippen molar-refractivity contribution >= 4 is 11.6 Å². The van der Waals surface area contributed by atoms with E-state index in [2.05, 4.69) is 10.1 Å². The Bertz CT molecular complexity index is 779. The lowest BCUT2D eigenvalue weighted by Gasteiger charge is -2.33. The number of hydrogen-bond acceptors (Lipinski definition) is 5. The molecule has 0 aliphatic carbocycles. The number of hydrogen-bond donors (Lipinski definition) is 1. The predicted octanol–water partition coefficient (Wildman–Crippen LogP) is 1.47. The number of rotatable bonds is 3. The Morgan fingerprint density at radius 3 is 2.76 bits per heavy atom. The van der Waals surface area contributed by atoms with Crippen LogP contribution >= 0.6 is 0 Å². The zero-order valence-corrected chi connectivity index (χ0v) is 15.2. The smallest absolute Gasteiger partial charge is 0.227 e. The van der Waals surface area contributed by atoms with Gasteiger partial charge < -0.3 is 15.4 Å². The van der Waals surface area contributed by atoms with Gasteiger partial charge in [0.1, 0.15) is 6.10 Å². The van der Waals surface area contributed by atoms with E-state index in [0.29, 0.717) is 31.8 Å². The second-order valence-corrected chi connectivity index (χ2v) is 6.62. The molecule has 1 atom stereocenters. The lowest BCUT2D eigenvalue weighted by Crippen LogP contribution is -2.43. The van der Waals surface area contributed by atoms with Crippen LogP contribution in [0.3, 0.4) is 0 Å². The van der Waals surface area contributed by atoms with E-state index in [1.165, 1.54) is 0 Å². The molecule has 1 aliphatic heterocycles. The topological polar surface area (TPSA) is 86.3 Å². The summed E-state index contributed by atoms with van der Waals surface area (Å²) in [7, 11) is 1.90. The van der Waals surface area contributed by atoms with E-state index < -0.39 is 0 Å². The molecule has 7 heteroatoms. The molecule has 2 aromatic heterocycles. The summed E-state index contributed by atoms with van der Waals surface area (Å²) >= 11 is 0. The fraction of sp³-hybridized carbons (Fsp3) is 0.500. The summed E-state index contributed by atoms with van der Waals surface area (Å²) in [4.78, 5) is 19.1. The summed E-state index contributed by atoms with van der Waals surface area (Å²) in [6.07, 6.45) is 0.123. The molecule has 1 amide bonds. The van der Waals surface area contributed by atoms with Crippen LogP contribution in [0.2, 0.25) is 0 Å². The first-order chi connectivity index (χ1) is 11.8. The summed E-state index contributed by atoms with van der Waals surface area (Å²) in [5.41, 5.74) is 11.2. The molecule has 2 aromatic rings. The van der Waals surface area contributed by atoms with Gasteiger partial charge in [-0.1, -0.05) is 0 Å². The fourth-order valence-electron chi connectivity index (χ4n) is 3.28. The molecular formula is C18H25N5O2. The van der Waals surface area contributed by atoms with Crippen molar-refractivity contribution in [3.63, 3.8) is 0 Å². The van der Waals surface area contributed by atoms with E-state index in [9.17, 15) is 4.79 Å². The molecule has 0 aromatic carbocycles. The largest absolute Gasteiger partial charge is 0.399 e. The van der Waals surface area contributed by atoms with Crippen LogP contribution in [0.4, 0.5) is 5.69 Å². The van der Waals surface area contributed by atoms with Gasteiger partial charge in [0.25, 0.3) is 0 Å². The normalized spacial score (nSPS) is 17.8. The van der Waals surface area contributed by atoms with Crippen molar-refractivity contribution in [3.8, 4) is 0 Å². The minimum atomic E-state index is -0.240. The molecule has 134 valence electrons. The molecule has 0 spiro atoms. The van der Waals surface area contributed by atoms with E-state index in [4.69, 9.17) is 10.5 Å². The highest BCUT2D eigenvalue weighted by molar-refractivity contribution is 5.79. The average molecular weight is 343 g/mol.